The number of para-hydroxylation sites is 1. The van der Waals surface area contributed by atoms with Gasteiger partial charge in [0.1, 0.15) is 0 Å². The Balaban J connectivity index is 1.91. The van der Waals surface area contributed by atoms with Crippen molar-refractivity contribution in [1.29, 1.82) is 0 Å². The first-order chi connectivity index (χ1) is 16.6. The molecule has 9 heteroatoms. The third-order valence-corrected chi connectivity index (χ3v) is 6.30. The van der Waals surface area contributed by atoms with Gasteiger partial charge in [0.15, 0.2) is 11.0 Å². The van der Waals surface area contributed by atoms with E-state index >= 15 is 0 Å². The summed E-state index contributed by atoms with van der Waals surface area (Å²) in [4.78, 5) is 30.8. The number of nitrogens with zero attached hydrogens (tertiary/aromatic N) is 5. The SMILES string of the molecule is CCc1cccc(CC)c1-n1c(SCC(=O)N(C)CC(=O)NC(C)(C)C)nnc1-c1cccnc1. The molecule has 0 radical (unpaired) electrons. The predicted octanol–water partition coefficient (Wildman–Crippen LogP) is 3.92. The molecule has 2 amide bonds. The number of amides is 2. The molecular formula is C26H34N6O2S. The van der Waals surface area contributed by atoms with Gasteiger partial charge in [-0.1, -0.05) is 43.8 Å². The third-order valence-electron chi connectivity index (χ3n) is 5.39. The molecule has 0 aliphatic rings. The summed E-state index contributed by atoms with van der Waals surface area (Å²) in [6.07, 6.45) is 5.19. The van der Waals surface area contributed by atoms with Crippen molar-refractivity contribution in [2.75, 3.05) is 19.3 Å². The van der Waals surface area contributed by atoms with Gasteiger partial charge in [-0.05, 0) is 56.9 Å². The number of nitrogens with one attached hydrogen (secondary N) is 1. The van der Waals surface area contributed by atoms with E-state index in [0.717, 1.165) is 24.1 Å². The molecule has 186 valence electrons. The number of aryl methyl sites for hydroxylation is 2. The number of carbonyl (C=O) groups excluding carboxylic acids is 2. The lowest BCUT2D eigenvalue weighted by Crippen LogP contribution is -2.46. The van der Waals surface area contributed by atoms with Crippen LogP contribution in [0, 0.1) is 0 Å². The van der Waals surface area contributed by atoms with E-state index in [1.165, 1.54) is 27.8 Å². The summed E-state index contributed by atoms with van der Waals surface area (Å²) in [5.41, 5.74) is 3.91. The van der Waals surface area contributed by atoms with E-state index in [4.69, 9.17) is 0 Å². The highest BCUT2D eigenvalue weighted by Gasteiger charge is 2.23. The first-order valence-corrected chi connectivity index (χ1v) is 12.8. The van der Waals surface area contributed by atoms with Gasteiger partial charge in [-0.25, -0.2) is 0 Å². The highest BCUT2D eigenvalue weighted by molar-refractivity contribution is 7.99. The summed E-state index contributed by atoms with van der Waals surface area (Å²) in [7, 11) is 1.64. The molecule has 2 aromatic heterocycles. The number of benzene rings is 1. The second kappa shape index (κ2) is 11.5. The Bertz CT molecular complexity index is 1150. The van der Waals surface area contributed by atoms with Crippen LogP contribution in [0.2, 0.25) is 0 Å². The van der Waals surface area contributed by atoms with Crippen LogP contribution in [-0.2, 0) is 22.4 Å². The van der Waals surface area contributed by atoms with E-state index in [-0.39, 0.29) is 29.7 Å². The Kier molecular flexibility index (Phi) is 8.67. The number of pyridine rings is 1. The van der Waals surface area contributed by atoms with E-state index < -0.39 is 0 Å². The minimum atomic E-state index is -0.349. The van der Waals surface area contributed by atoms with Crippen molar-refractivity contribution >= 4 is 23.6 Å². The van der Waals surface area contributed by atoms with Crippen molar-refractivity contribution in [2.24, 2.45) is 0 Å². The number of hydrogen-bond acceptors (Lipinski definition) is 6. The van der Waals surface area contributed by atoms with Crippen LogP contribution < -0.4 is 5.32 Å². The Morgan fingerprint density at radius 2 is 1.74 bits per heavy atom. The summed E-state index contributed by atoms with van der Waals surface area (Å²) >= 11 is 1.32. The Labute approximate surface area is 211 Å². The minimum Gasteiger partial charge on any atom is -0.350 e. The van der Waals surface area contributed by atoms with Crippen LogP contribution in [0.4, 0.5) is 0 Å². The Morgan fingerprint density at radius 1 is 1.06 bits per heavy atom. The molecule has 0 bridgehead atoms. The third kappa shape index (κ3) is 6.69. The molecule has 0 aliphatic heterocycles. The molecule has 0 unspecified atom stereocenters. The number of rotatable bonds is 9. The van der Waals surface area contributed by atoms with Gasteiger partial charge in [0.05, 0.1) is 18.0 Å². The predicted molar refractivity (Wildman–Crippen MR) is 140 cm³/mol. The first kappa shape index (κ1) is 26.4. The topological polar surface area (TPSA) is 93.0 Å². The second-order valence-corrected chi connectivity index (χ2v) is 10.3. The lowest BCUT2D eigenvalue weighted by molar-refractivity contribution is -0.133. The number of carbonyl (C=O) groups is 2. The van der Waals surface area contributed by atoms with Crippen molar-refractivity contribution < 1.29 is 9.59 Å². The summed E-state index contributed by atoms with van der Waals surface area (Å²) in [6, 6.07) is 10.1. The average Bonchev–Trinajstić information content (AvgIpc) is 3.24. The van der Waals surface area contributed by atoms with Crippen LogP contribution in [0.25, 0.3) is 17.1 Å². The fourth-order valence-corrected chi connectivity index (χ4v) is 4.63. The van der Waals surface area contributed by atoms with E-state index in [0.29, 0.717) is 11.0 Å². The van der Waals surface area contributed by atoms with Crippen molar-refractivity contribution in [1.82, 2.24) is 30.0 Å². The largest absolute Gasteiger partial charge is 0.350 e. The summed E-state index contributed by atoms with van der Waals surface area (Å²) in [5, 5.41) is 12.5. The molecule has 8 nitrogen and oxygen atoms in total. The zero-order chi connectivity index (χ0) is 25.6. The molecule has 1 N–H and O–H groups in total. The molecule has 0 aliphatic carbocycles. The number of likely N-dealkylation sites (N-methyl/N-ethyl adjacent to an activating group) is 1. The lowest BCUT2D eigenvalue weighted by Gasteiger charge is -2.23. The van der Waals surface area contributed by atoms with Crippen molar-refractivity contribution in [3.63, 3.8) is 0 Å². The van der Waals surface area contributed by atoms with Gasteiger partial charge in [0.2, 0.25) is 11.8 Å². The van der Waals surface area contributed by atoms with Gasteiger partial charge in [-0.15, -0.1) is 10.2 Å². The summed E-state index contributed by atoms with van der Waals surface area (Å²) in [5.74, 6) is 0.475. The van der Waals surface area contributed by atoms with Gasteiger partial charge in [0, 0.05) is 30.5 Å². The standard InChI is InChI=1S/C26H34N6O2S/c1-7-18-11-9-12-19(8-2)23(18)32-24(20-13-10-14-27-15-20)29-30-25(32)35-17-22(34)31(6)16-21(33)28-26(3,4)5/h9-15H,7-8,16-17H2,1-6H3,(H,28,33). The molecule has 0 saturated carbocycles. The van der Waals surface area contributed by atoms with Crippen LogP contribution in [0.3, 0.4) is 0 Å². The van der Waals surface area contributed by atoms with Gasteiger partial charge < -0.3 is 10.2 Å². The minimum absolute atomic E-state index is 0.00292. The second-order valence-electron chi connectivity index (χ2n) is 9.35. The van der Waals surface area contributed by atoms with Crippen molar-refractivity contribution in [2.45, 2.75) is 58.2 Å². The molecule has 35 heavy (non-hydrogen) atoms. The highest BCUT2D eigenvalue weighted by atomic mass is 32.2. The number of aromatic nitrogens is 4. The molecule has 3 aromatic rings. The molecular weight excluding hydrogens is 460 g/mol. The maximum Gasteiger partial charge on any atom is 0.240 e. The van der Waals surface area contributed by atoms with Crippen LogP contribution in [0.15, 0.2) is 47.9 Å². The monoisotopic (exact) mass is 494 g/mol. The van der Waals surface area contributed by atoms with E-state index in [2.05, 4.69) is 52.5 Å². The quantitative estimate of drug-likeness (QED) is 0.453. The Hall–Kier alpha value is -3.20. The van der Waals surface area contributed by atoms with Crippen LogP contribution in [0.5, 0.6) is 0 Å². The summed E-state index contributed by atoms with van der Waals surface area (Å²) < 4.78 is 2.04. The zero-order valence-electron chi connectivity index (χ0n) is 21.3. The van der Waals surface area contributed by atoms with Crippen LogP contribution in [0.1, 0.15) is 45.7 Å². The maximum absolute atomic E-state index is 12.8. The molecule has 0 atom stereocenters. The highest BCUT2D eigenvalue weighted by Crippen LogP contribution is 2.32. The molecule has 0 fully saturated rings. The molecule has 1 aromatic carbocycles. The van der Waals surface area contributed by atoms with Crippen LogP contribution >= 0.6 is 11.8 Å². The number of hydrogen-bond donors (Lipinski definition) is 1. The van der Waals surface area contributed by atoms with Crippen molar-refractivity contribution in [3.8, 4) is 17.1 Å². The van der Waals surface area contributed by atoms with E-state index in [1.54, 1.807) is 19.4 Å². The molecule has 3 rings (SSSR count). The van der Waals surface area contributed by atoms with Crippen LogP contribution in [-0.4, -0.2) is 61.3 Å². The number of thioether (sulfide) groups is 1. The van der Waals surface area contributed by atoms with Gasteiger partial charge in [-0.3, -0.25) is 19.1 Å². The van der Waals surface area contributed by atoms with E-state index in [9.17, 15) is 9.59 Å². The van der Waals surface area contributed by atoms with Crippen molar-refractivity contribution in [3.05, 3.63) is 53.9 Å². The molecule has 2 heterocycles. The smallest absolute Gasteiger partial charge is 0.240 e. The Morgan fingerprint density at radius 3 is 2.31 bits per heavy atom. The fraction of sp³-hybridized carbons (Fsp3) is 0.423. The summed E-state index contributed by atoms with van der Waals surface area (Å²) in [6.45, 7) is 9.99. The molecule has 0 saturated heterocycles. The normalized spacial score (nSPS) is 11.4. The fourth-order valence-electron chi connectivity index (χ4n) is 3.75. The van der Waals surface area contributed by atoms with Gasteiger partial charge in [0.25, 0.3) is 0 Å². The maximum atomic E-state index is 12.8. The average molecular weight is 495 g/mol. The van der Waals surface area contributed by atoms with E-state index in [1.807, 2.05) is 37.5 Å². The molecule has 0 spiro atoms. The zero-order valence-corrected chi connectivity index (χ0v) is 22.1. The van der Waals surface area contributed by atoms with Gasteiger partial charge >= 0.3 is 0 Å². The van der Waals surface area contributed by atoms with Gasteiger partial charge in [-0.2, -0.15) is 0 Å². The lowest BCUT2D eigenvalue weighted by atomic mass is 10.0. The first-order valence-electron chi connectivity index (χ1n) is 11.8.